The fourth-order valence-electron chi connectivity index (χ4n) is 2.86. The number of aryl methyl sites for hydroxylation is 1. The van der Waals surface area contributed by atoms with Crippen LogP contribution in [0.5, 0.6) is 0 Å². The predicted molar refractivity (Wildman–Crippen MR) is 78.2 cm³/mol. The Morgan fingerprint density at radius 1 is 1.48 bits per heavy atom. The van der Waals surface area contributed by atoms with E-state index in [1.165, 1.54) is 0 Å². The first kappa shape index (κ1) is 14.2. The molecule has 0 bridgehead atoms. The van der Waals surface area contributed by atoms with Gasteiger partial charge in [0.1, 0.15) is 5.82 Å². The van der Waals surface area contributed by atoms with Crippen molar-refractivity contribution in [2.75, 3.05) is 13.2 Å². The molecule has 4 nitrogen and oxygen atoms in total. The third-order valence-corrected chi connectivity index (χ3v) is 4.06. The Balaban J connectivity index is 1.56. The maximum atomic E-state index is 13.9. The monoisotopic (exact) mass is 289 g/mol. The van der Waals surface area contributed by atoms with Crippen LogP contribution in [0.25, 0.3) is 0 Å². The van der Waals surface area contributed by atoms with Gasteiger partial charge in [-0.25, -0.2) is 4.39 Å². The summed E-state index contributed by atoms with van der Waals surface area (Å²) in [5, 5.41) is 10.2. The fourth-order valence-corrected chi connectivity index (χ4v) is 2.86. The zero-order chi connectivity index (χ0) is 14.7. The van der Waals surface area contributed by atoms with Gasteiger partial charge in [0.2, 0.25) is 0 Å². The van der Waals surface area contributed by atoms with Crippen LogP contribution >= 0.6 is 0 Å². The van der Waals surface area contributed by atoms with Crippen molar-refractivity contribution < 1.29 is 9.13 Å². The van der Waals surface area contributed by atoms with Crippen molar-refractivity contribution in [3.05, 3.63) is 53.1 Å². The molecular formula is C16H20FN3O. The molecule has 3 rings (SSSR count). The number of hydrogen-bond donors (Lipinski definition) is 2. The van der Waals surface area contributed by atoms with Gasteiger partial charge in [0.25, 0.3) is 0 Å². The summed E-state index contributed by atoms with van der Waals surface area (Å²) < 4.78 is 19.7. The van der Waals surface area contributed by atoms with E-state index in [4.69, 9.17) is 4.74 Å². The van der Waals surface area contributed by atoms with Crippen LogP contribution in [0.4, 0.5) is 4.39 Å². The van der Waals surface area contributed by atoms with Crippen molar-refractivity contribution in [2.24, 2.45) is 5.92 Å². The molecule has 1 fully saturated rings. The van der Waals surface area contributed by atoms with E-state index in [0.717, 1.165) is 25.1 Å². The lowest BCUT2D eigenvalue weighted by atomic mass is 9.97. The number of nitrogens with one attached hydrogen (secondary N) is 2. The molecule has 112 valence electrons. The molecule has 0 unspecified atom stereocenters. The van der Waals surface area contributed by atoms with Gasteiger partial charge in [-0.15, -0.1) is 0 Å². The van der Waals surface area contributed by atoms with Gasteiger partial charge in [-0.2, -0.15) is 5.10 Å². The second kappa shape index (κ2) is 6.37. The predicted octanol–water partition coefficient (Wildman–Crippen LogP) is 2.72. The Morgan fingerprint density at radius 3 is 3.19 bits per heavy atom. The Morgan fingerprint density at radius 2 is 2.38 bits per heavy atom. The summed E-state index contributed by atoms with van der Waals surface area (Å²) in [6, 6.07) is 5.51. The zero-order valence-electron chi connectivity index (χ0n) is 12.1. The lowest BCUT2D eigenvalue weighted by molar-refractivity contribution is 0.0904. The van der Waals surface area contributed by atoms with E-state index < -0.39 is 0 Å². The Bertz CT molecular complexity index is 585. The van der Waals surface area contributed by atoms with Crippen molar-refractivity contribution in [2.45, 2.75) is 26.0 Å². The topological polar surface area (TPSA) is 49.9 Å². The summed E-state index contributed by atoms with van der Waals surface area (Å²) in [4.78, 5) is 0. The summed E-state index contributed by atoms with van der Waals surface area (Å²) in [7, 11) is 0. The number of benzene rings is 1. The van der Waals surface area contributed by atoms with E-state index >= 15 is 0 Å². The average molecular weight is 289 g/mol. The highest BCUT2D eigenvalue weighted by molar-refractivity contribution is 5.24. The molecule has 21 heavy (non-hydrogen) atoms. The smallest absolute Gasteiger partial charge is 0.130 e. The molecule has 0 aliphatic carbocycles. The normalized spacial score (nSPS) is 21.8. The third-order valence-electron chi connectivity index (χ3n) is 4.06. The molecule has 1 aromatic heterocycles. The maximum absolute atomic E-state index is 13.9. The minimum Gasteiger partial charge on any atom is -0.373 e. The highest BCUT2D eigenvalue weighted by Crippen LogP contribution is 2.33. The van der Waals surface area contributed by atoms with Gasteiger partial charge < -0.3 is 10.1 Å². The Kier molecular flexibility index (Phi) is 4.31. The number of nitrogens with zero attached hydrogens (tertiary/aromatic N) is 1. The molecule has 1 aliphatic rings. The lowest BCUT2D eigenvalue weighted by Crippen LogP contribution is -2.25. The third kappa shape index (κ3) is 3.14. The molecule has 0 saturated carbocycles. The van der Waals surface area contributed by atoms with Crippen LogP contribution in [-0.2, 0) is 11.3 Å². The number of aromatic amines is 1. The second-order valence-electron chi connectivity index (χ2n) is 5.55. The first-order chi connectivity index (χ1) is 10.3. The maximum Gasteiger partial charge on any atom is 0.130 e. The summed E-state index contributed by atoms with van der Waals surface area (Å²) in [5.74, 6) is 0.287. The molecule has 2 heterocycles. The van der Waals surface area contributed by atoms with E-state index in [9.17, 15) is 4.39 Å². The Labute approximate surface area is 123 Å². The van der Waals surface area contributed by atoms with Crippen molar-refractivity contribution >= 4 is 0 Å². The van der Waals surface area contributed by atoms with Crippen LogP contribution in [0.3, 0.4) is 0 Å². The van der Waals surface area contributed by atoms with Gasteiger partial charge in [-0.3, -0.25) is 5.10 Å². The van der Waals surface area contributed by atoms with Gasteiger partial charge in [-0.1, -0.05) is 18.2 Å². The molecular weight excluding hydrogens is 269 g/mol. The Hall–Kier alpha value is -1.72. The number of ether oxygens (including phenoxy) is 1. The standard InChI is InChI=1S/C16H20FN3O/c1-11-3-2-4-12(15(11)17)7-18-8-13-5-6-21-16(13)14-9-19-20-10-14/h2-4,9-10,13,16,18H,5-8H2,1H3,(H,19,20)/t13-,16+/m1/s1. The van der Waals surface area contributed by atoms with Crippen LogP contribution < -0.4 is 5.32 Å². The number of H-pyrrole nitrogens is 1. The van der Waals surface area contributed by atoms with Crippen LogP contribution in [-0.4, -0.2) is 23.3 Å². The van der Waals surface area contributed by atoms with Crippen molar-refractivity contribution in [3.63, 3.8) is 0 Å². The number of hydrogen-bond acceptors (Lipinski definition) is 3. The summed E-state index contributed by atoms with van der Waals surface area (Å²) in [6.07, 6.45) is 4.78. The van der Waals surface area contributed by atoms with E-state index in [0.29, 0.717) is 23.6 Å². The number of rotatable bonds is 5. The van der Waals surface area contributed by atoms with E-state index in [2.05, 4.69) is 15.5 Å². The largest absolute Gasteiger partial charge is 0.373 e. The van der Waals surface area contributed by atoms with Crippen molar-refractivity contribution in [3.8, 4) is 0 Å². The van der Waals surface area contributed by atoms with Crippen LogP contribution in [0, 0.1) is 18.7 Å². The molecule has 5 heteroatoms. The lowest BCUT2D eigenvalue weighted by Gasteiger charge is -2.18. The number of aromatic nitrogens is 2. The molecule has 1 aliphatic heterocycles. The molecule has 2 N–H and O–H groups in total. The van der Waals surface area contributed by atoms with Crippen LogP contribution in [0.2, 0.25) is 0 Å². The molecule has 2 atom stereocenters. The van der Waals surface area contributed by atoms with Crippen LogP contribution in [0.1, 0.15) is 29.2 Å². The molecule has 1 aromatic carbocycles. The van der Waals surface area contributed by atoms with Crippen LogP contribution in [0.15, 0.2) is 30.6 Å². The van der Waals surface area contributed by atoms with Gasteiger partial charge in [0.15, 0.2) is 0 Å². The first-order valence-electron chi connectivity index (χ1n) is 7.30. The molecule has 2 aromatic rings. The molecule has 1 saturated heterocycles. The van der Waals surface area contributed by atoms with Gasteiger partial charge in [-0.05, 0) is 18.9 Å². The quantitative estimate of drug-likeness (QED) is 0.890. The van der Waals surface area contributed by atoms with Gasteiger partial charge in [0.05, 0.1) is 12.3 Å². The average Bonchev–Trinajstić information content (AvgIpc) is 3.14. The van der Waals surface area contributed by atoms with Gasteiger partial charge in [0, 0.05) is 42.9 Å². The SMILES string of the molecule is Cc1cccc(CNC[C@H]2CCO[C@@H]2c2cn[nH]c2)c1F. The summed E-state index contributed by atoms with van der Waals surface area (Å²) in [6.45, 7) is 3.91. The summed E-state index contributed by atoms with van der Waals surface area (Å²) >= 11 is 0. The highest BCUT2D eigenvalue weighted by atomic mass is 19.1. The van der Waals surface area contributed by atoms with E-state index in [1.54, 1.807) is 13.0 Å². The van der Waals surface area contributed by atoms with E-state index in [1.807, 2.05) is 24.5 Å². The highest BCUT2D eigenvalue weighted by Gasteiger charge is 2.29. The number of halogens is 1. The first-order valence-corrected chi connectivity index (χ1v) is 7.30. The molecule has 0 spiro atoms. The zero-order valence-corrected chi connectivity index (χ0v) is 12.1. The second-order valence-corrected chi connectivity index (χ2v) is 5.55. The summed E-state index contributed by atoms with van der Waals surface area (Å²) in [5.41, 5.74) is 2.49. The van der Waals surface area contributed by atoms with Crippen molar-refractivity contribution in [1.82, 2.24) is 15.5 Å². The van der Waals surface area contributed by atoms with E-state index in [-0.39, 0.29) is 11.9 Å². The fraction of sp³-hybridized carbons (Fsp3) is 0.438. The van der Waals surface area contributed by atoms with Crippen molar-refractivity contribution in [1.29, 1.82) is 0 Å². The molecule has 0 radical (unpaired) electrons. The minimum atomic E-state index is -0.112. The molecule has 0 amide bonds. The minimum absolute atomic E-state index is 0.0820. The van der Waals surface area contributed by atoms with Gasteiger partial charge >= 0.3 is 0 Å².